The molecule has 5 aromatic rings. The van der Waals surface area contributed by atoms with Crippen LogP contribution in [-0.2, 0) is 4.79 Å². The maximum Gasteiger partial charge on any atom is 0.219 e. The molecule has 1 aliphatic heterocycles. The van der Waals surface area contributed by atoms with Crippen molar-refractivity contribution < 1.29 is 9.53 Å². The Balaban J connectivity index is 1.17. The van der Waals surface area contributed by atoms with E-state index in [0.717, 1.165) is 76.2 Å². The molecule has 1 aliphatic rings. The number of carbonyl (C=O) groups excluding carboxylic acids is 1. The van der Waals surface area contributed by atoms with Crippen LogP contribution in [0, 0.1) is 18.8 Å². The first kappa shape index (κ1) is 26.2. The number of aryl methyl sites for hydroxylation is 1. The maximum absolute atomic E-state index is 11.5. The summed E-state index contributed by atoms with van der Waals surface area (Å²) in [6, 6.07) is 19.9. The van der Waals surface area contributed by atoms with Gasteiger partial charge in [-0.2, -0.15) is 0 Å². The average molecular weight is 543 g/mol. The molecule has 0 atom stereocenters. The van der Waals surface area contributed by atoms with Crippen molar-refractivity contribution in [3.63, 3.8) is 0 Å². The Hall–Kier alpha value is -5.00. The Labute approximate surface area is 239 Å². The number of amides is 1. The van der Waals surface area contributed by atoms with Gasteiger partial charge in [0.25, 0.3) is 0 Å². The molecular formula is C33H30N6O2. The lowest BCUT2D eigenvalue weighted by Crippen LogP contribution is -2.47. The van der Waals surface area contributed by atoms with Crippen molar-refractivity contribution in [2.24, 2.45) is 0 Å². The van der Waals surface area contributed by atoms with Gasteiger partial charge < -0.3 is 15.0 Å². The monoisotopic (exact) mass is 542 g/mol. The fourth-order valence-electron chi connectivity index (χ4n) is 4.98. The molecular weight excluding hydrogens is 512 g/mol. The molecule has 0 bridgehead atoms. The number of carbonyl (C=O) groups is 1. The van der Waals surface area contributed by atoms with Crippen molar-refractivity contribution in [1.82, 2.24) is 24.8 Å². The Morgan fingerprint density at radius 1 is 0.976 bits per heavy atom. The third-order valence-electron chi connectivity index (χ3n) is 7.29. The number of aromatic nitrogens is 3. The summed E-state index contributed by atoms with van der Waals surface area (Å²) >= 11 is 0. The van der Waals surface area contributed by atoms with Crippen molar-refractivity contribution in [1.29, 1.82) is 0 Å². The van der Waals surface area contributed by atoms with E-state index in [4.69, 9.17) is 4.74 Å². The number of hydrogen-bond donors (Lipinski definition) is 1. The number of rotatable bonds is 5. The van der Waals surface area contributed by atoms with Gasteiger partial charge in [-0.3, -0.25) is 14.7 Å². The minimum atomic E-state index is 0.136. The molecule has 3 heterocycles. The first-order valence-corrected chi connectivity index (χ1v) is 13.6. The second-order valence-corrected chi connectivity index (χ2v) is 10.1. The van der Waals surface area contributed by atoms with Crippen LogP contribution in [0.1, 0.15) is 18.1 Å². The lowest BCUT2D eigenvalue weighted by molar-refractivity contribution is -0.130. The first-order valence-electron chi connectivity index (χ1n) is 13.6. The van der Waals surface area contributed by atoms with Gasteiger partial charge in [-0.25, -0.2) is 9.97 Å². The van der Waals surface area contributed by atoms with Gasteiger partial charge in [0.05, 0.1) is 12.1 Å². The van der Waals surface area contributed by atoms with Crippen LogP contribution in [0.4, 0.5) is 11.5 Å². The van der Waals surface area contributed by atoms with Gasteiger partial charge in [-0.15, -0.1) is 0 Å². The highest BCUT2D eigenvalue weighted by Crippen LogP contribution is 2.33. The van der Waals surface area contributed by atoms with Gasteiger partial charge in [-0.05, 0) is 66.4 Å². The molecule has 0 radical (unpaired) electrons. The van der Waals surface area contributed by atoms with E-state index in [0.29, 0.717) is 12.4 Å². The molecule has 2 aromatic heterocycles. The van der Waals surface area contributed by atoms with Crippen LogP contribution in [0.2, 0.25) is 0 Å². The molecule has 1 N–H and O–H groups in total. The molecule has 204 valence electrons. The number of ether oxygens (including phenoxy) is 1. The Morgan fingerprint density at radius 3 is 2.68 bits per heavy atom. The molecule has 41 heavy (non-hydrogen) atoms. The summed E-state index contributed by atoms with van der Waals surface area (Å²) in [5, 5.41) is 6.40. The highest BCUT2D eigenvalue weighted by molar-refractivity contribution is 5.92. The largest absolute Gasteiger partial charge is 0.456 e. The smallest absolute Gasteiger partial charge is 0.219 e. The molecule has 0 spiro atoms. The Morgan fingerprint density at radius 2 is 1.85 bits per heavy atom. The zero-order valence-electron chi connectivity index (χ0n) is 23.1. The van der Waals surface area contributed by atoms with E-state index in [9.17, 15) is 4.79 Å². The lowest BCUT2D eigenvalue weighted by Gasteiger charge is -2.32. The highest BCUT2D eigenvalue weighted by atomic mass is 16.5. The van der Waals surface area contributed by atoms with E-state index >= 15 is 0 Å². The fourth-order valence-corrected chi connectivity index (χ4v) is 4.98. The summed E-state index contributed by atoms with van der Waals surface area (Å²) in [6.45, 7) is 7.52. The third-order valence-corrected chi connectivity index (χ3v) is 7.29. The van der Waals surface area contributed by atoms with E-state index in [1.807, 2.05) is 78.7 Å². The van der Waals surface area contributed by atoms with Crippen LogP contribution in [0.15, 0.2) is 79.4 Å². The standard InChI is InChI=1S/C33H30N6O2/c1-23-19-27(9-11-31(23)41-32-7-3-6-26-12-13-34-21-29(26)32)37-33-28-20-25(8-10-30(28)35-22-36-33)5-4-14-38-15-17-39(18-16-38)24(2)40/h3,6-13,19-22H,14-18H2,1-2H3,(H,35,36,37). The number of pyridine rings is 1. The minimum Gasteiger partial charge on any atom is -0.456 e. The molecule has 3 aromatic carbocycles. The molecule has 1 saturated heterocycles. The topological polar surface area (TPSA) is 83.5 Å². The van der Waals surface area contributed by atoms with Crippen LogP contribution in [0.5, 0.6) is 11.5 Å². The molecule has 1 fully saturated rings. The van der Waals surface area contributed by atoms with Gasteiger partial charge in [0.2, 0.25) is 5.91 Å². The van der Waals surface area contributed by atoms with E-state index in [1.54, 1.807) is 19.4 Å². The molecule has 0 unspecified atom stereocenters. The summed E-state index contributed by atoms with van der Waals surface area (Å²) in [7, 11) is 0. The number of nitrogens with zero attached hydrogens (tertiary/aromatic N) is 5. The number of nitrogens with one attached hydrogen (secondary N) is 1. The first-order chi connectivity index (χ1) is 20.0. The predicted molar refractivity (Wildman–Crippen MR) is 161 cm³/mol. The van der Waals surface area contributed by atoms with Crippen molar-refractivity contribution in [2.75, 3.05) is 38.0 Å². The SMILES string of the molecule is CC(=O)N1CCN(CC#Cc2ccc3ncnc(Nc4ccc(Oc5cccc6ccncc56)c(C)c4)c3c2)CC1. The second kappa shape index (κ2) is 11.6. The average Bonchev–Trinajstić information content (AvgIpc) is 2.99. The van der Waals surface area contributed by atoms with Gasteiger partial charge in [0, 0.05) is 67.5 Å². The van der Waals surface area contributed by atoms with Gasteiger partial charge in [0.15, 0.2) is 0 Å². The third kappa shape index (κ3) is 5.96. The van der Waals surface area contributed by atoms with Crippen molar-refractivity contribution in [3.8, 4) is 23.3 Å². The molecule has 1 amide bonds. The van der Waals surface area contributed by atoms with E-state index in [-0.39, 0.29) is 5.91 Å². The Kier molecular flexibility index (Phi) is 7.44. The quantitative estimate of drug-likeness (QED) is 0.292. The number of hydrogen-bond acceptors (Lipinski definition) is 7. The van der Waals surface area contributed by atoms with E-state index in [1.165, 1.54) is 0 Å². The van der Waals surface area contributed by atoms with Gasteiger partial charge in [-0.1, -0.05) is 24.0 Å². The number of piperazine rings is 1. The molecule has 0 aliphatic carbocycles. The molecule has 8 heteroatoms. The minimum absolute atomic E-state index is 0.136. The number of benzene rings is 3. The molecule has 6 rings (SSSR count). The maximum atomic E-state index is 11.5. The van der Waals surface area contributed by atoms with E-state index < -0.39 is 0 Å². The second-order valence-electron chi connectivity index (χ2n) is 10.1. The summed E-state index contributed by atoms with van der Waals surface area (Å²) in [5.74, 6) is 8.97. The molecule has 8 nitrogen and oxygen atoms in total. The lowest BCUT2D eigenvalue weighted by atomic mass is 10.1. The van der Waals surface area contributed by atoms with Crippen LogP contribution in [0.3, 0.4) is 0 Å². The number of anilines is 2. The summed E-state index contributed by atoms with van der Waals surface area (Å²) in [4.78, 5) is 28.9. The summed E-state index contributed by atoms with van der Waals surface area (Å²) in [6.07, 6.45) is 5.17. The van der Waals surface area contributed by atoms with Gasteiger partial charge in [0.1, 0.15) is 23.6 Å². The van der Waals surface area contributed by atoms with Crippen molar-refractivity contribution >= 4 is 39.1 Å². The van der Waals surface area contributed by atoms with Crippen molar-refractivity contribution in [2.45, 2.75) is 13.8 Å². The van der Waals surface area contributed by atoms with Crippen molar-refractivity contribution in [3.05, 3.63) is 90.5 Å². The summed E-state index contributed by atoms with van der Waals surface area (Å²) < 4.78 is 6.28. The molecule has 0 saturated carbocycles. The van der Waals surface area contributed by atoms with Crippen LogP contribution >= 0.6 is 0 Å². The number of fused-ring (bicyclic) bond motifs is 2. The van der Waals surface area contributed by atoms with Gasteiger partial charge >= 0.3 is 0 Å². The Bertz CT molecular complexity index is 1800. The van der Waals surface area contributed by atoms with Crippen LogP contribution in [-0.4, -0.2) is 63.4 Å². The highest BCUT2D eigenvalue weighted by Gasteiger charge is 2.17. The predicted octanol–water partition coefficient (Wildman–Crippen LogP) is 5.54. The summed E-state index contributed by atoms with van der Waals surface area (Å²) in [5.41, 5.74) is 3.64. The van der Waals surface area contributed by atoms with Crippen LogP contribution in [0.25, 0.3) is 21.7 Å². The van der Waals surface area contributed by atoms with Crippen LogP contribution < -0.4 is 10.1 Å². The zero-order valence-corrected chi connectivity index (χ0v) is 23.1. The fraction of sp³-hybridized carbons (Fsp3) is 0.212. The zero-order chi connectivity index (χ0) is 28.2. The normalized spacial score (nSPS) is 13.6. The van der Waals surface area contributed by atoms with E-state index in [2.05, 4.69) is 37.0 Å².